The van der Waals surface area contributed by atoms with Crippen LogP contribution < -0.4 is 10.9 Å². The zero-order valence-corrected chi connectivity index (χ0v) is 14.2. The monoisotopic (exact) mass is 328 g/mol. The van der Waals surface area contributed by atoms with E-state index in [1.54, 1.807) is 18.2 Å². The number of aryl methyl sites for hydroxylation is 1. The molecule has 1 aromatic heterocycles. The molecule has 1 aliphatic rings. The van der Waals surface area contributed by atoms with Gasteiger partial charge in [-0.1, -0.05) is 44.0 Å². The fourth-order valence-corrected chi connectivity index (χ4v) is 3.44. The molecule has 1 amide bonds. The fraction of sp³-hybridized carbons (Fsp3) is 0.556. The summed E-state index contributed by atoms with van der Waals surface area (Å²) in [5.74, 6) is 1.10. The van der Waals surface area contributed by atoms with Crippen LogP contribution in [0.5, 0.6) is 0 Å². The number of aromatic nitrogens is 3. The van der Waals surface area contributed by atoms with Gasteiger partial charge >= 0.3 is 0 Å². The van der Waals surface area contributed by atoms with Crippen LogP contribution in [0.1, 0.15) is 39.5 Å². The Bertz CT molecular complexity index is 786. The van der Waals surface area contributed by atoms with Gasteiger partial charge in [-0.15, -0.1) is 5.10 Å². The van der Waals surface area contributed by atoms with Crippen molar-refractivity contribution in [1.82, 2.24) is 20.3 Å². The molecule has 0 saturated heterocycles. The molecule has 0 radical (unpaired) electrons. The van der Waals surface area contributed by atoms with Crippen molar-refractivity contribution in [3.05, 3.63) is 34.6 Å². The second-order valence-electron chi connectivity index (χ2n) is 6.83. The molecule has 1 aromatic carbocycles. The van der Waals surface area contributed by atoms with Crippen LogP contribution in [0.2, 0.25) is 0 Å². The van der Waals surface area contributed by atoms with E-state index in [9.17, 15) is 9.59 Å². The van der Waals surface area contributed by atoms with E-state index in [0.29, 0.717) is 22.7 Å². The lowest BCUT2D eigenvalue weighted by atomic mass is 9.78. The van der Waals surface area contributed by atoms with Crippen molar-refractivity contribution in [3.8, 4) is 0 Å². The Balaban J connectivity index is 1.62. The smallest absolute Gasteiger partial charge is 0.277 e. The second-order valence-corrected chi connectivity index (χ2v) is 6.83. The van der Waals surface area contributed by atoms with E-state index in [1.165, 1.54) is 11.1 Å². The largest absolute Gasteiger partial charge is 0.353 e. The fourth-order valence-electron chi connectivity index (χ4n) is 3.44. The Kier molecular flexibility index (Phi) is 4.92. The molecule has 0 aliphatic heterocycles. The Morgan fingerprint density at radius 1 is 1.29 bits per heavy atom. The highest BCUT2D eigenvalue weighted by Gasteiger charge is 2.27. The summed E-state index contributed by atoms with van der Waals surface area (Å²) in [6, 6.07) is 7.34. The summed E-state index contributed by atoms with van der Waals surface area (Å²) >= 11 is 0. The molecule has 1 heterocycles. The number of nitrogens with zero attached hydrogens (tertiary/aromatic N) is 3. The van der Waals surface area contributed by atoms with E-state index >= 15 is 0 Å². The summed E-state index contributed by atoms with van der Waals surface area (Å²) < 4.78 is 1.27. The molecule has 0 spiro atoms. The Labute approximate surface area is 141 Å². The first-order chi connectivity index (χ1) is 11.6. The van der Waals surface area contributed by atoms with Gasteiger partial charge in [0.25, 0.3) is 5.56 Å². The van der Waals surface area contributed by atoms with Gasteiger partial charge in [-0.05, 0) is 30.4 Å². The highest BCUT2D eigenvalue weighted by molar-refractivity contribution is 5.77. The van der Waals surface area contributed by atoms with Crippen molar-refractivity contribution >= 4 is 16.8 Å². The number of carbonyl (C=O) groups excluding carboxylic acids is 1. The maximum Gasteiger partial charge on any atom is 0.277 e. The third-order valence-electron chi connectivity index (χ3n) is 5.23. The number of rotatable bonds is 4. The van der Waals surface area contributed by atoms with Gasteiger partial charge in [0.1, 0.15) is 5.52 Å². The number of benzene rings is 1. The number of carbonyl (C=O) groups is 1. The van der Waals surface area contributed by atoms with Gasteiger partial charge in [-0.2, -0.15) is 0 Å². The maximum atomic E-state index is 12.4. The maximum absolute atomic E-state index is 12.4. The van der Waals surface area contributed by atoms with Gasteiger partial charge in [0, 0.05) is 12.5 Å². The Hall–Kier alpha value is -2.24. The van der Waals surface area contributed by atoms with E-state index in [2.05, 4.69) is 29.5 Å². The molecule has 3 rings (SSSR count). The Morgan fingerprint density at radius 3 is 2.92 bits per heavy atom. The van der Waals surface area contributed by atoms with Gasteiger partial charge in [0.05, 0.1) is 11.9 Å². The van der Waals surface area contributed by atoms with Gasteiger partial charge in [0.15, 0.2) is 0 Å². The second kappa shape index (κ2) is 7.11. The summed E-state index contributed by atoms with van der Waals surface area (Å²) in [6.07, 6.45) is 3.67. The topological polar surface area (TPSA) is 76.9 Å². The van der Waals surface area contributed by atoms with Gasteiger partial charge in [-0.25, -0.2) is 4.68 Å². The highest BCUT2D eigenvalue weighted by Crippen LogP contribution is 2.29. The van der Waals surface area contributed by atoms with Crippen molar-refractivity contribution in [2.45, 2.75) is 52.1 Å². The van der Waals surface area contributed by atoms with Crippen LogP contribution in [-0.4, -0.2) is 26.9 Å². The number of hydrogen-bond donors (Lipinski definition) is 1. The highest BCUT2D eigenvalue weighted by atomic mass is 16.2. The number of fused-ring (bicyclic) bond motifs is 1. The van der Waals surface area contributed by atoms with Crippen molar-refractivity contribution in [2.24, 2.45) is 11.8 Å². The molecular weight excluding hydrogens is 304 g/mol. The third-order valence-corrected chi connectivity index (χ3v) is 5.23. The lowest BCUT2D eigenvalue weighted by Gasteiger charge is -2.34. The number of hydrogen-bond acceptors (Lipinski definition) is 4. The molecule has 2 aromatic rings. The molecule has 128 valence electrons. The molecule has 1 N–H and O–H groups in total. The van der Waals surface area contributed by atoms with Crippen LogP contribution in [0.25, 0.3) is 10.9 Å². The third kappa shape index (κ3) is 3.47. The minimum Gasteiger partial charge on any atom is -0.353 e. The SMILES string of the molecule is C[C@H]1[C@H](C)CCC[C@@H]1NC(=O)CCn1nnc2ccccc2c1=O. The van der Waals surface area contributed by atoms with Crippen LogP contribution in [0, 0.1) is 11.8 Å². The summed E-state index contributed by atoms with van der Waals surface area (Å²) in [5, 5.41) is 11.6. The van der Waals surface area contributed by atoms with E-state index in [0.717, 1.165) is 12.8 Å². The van der Waals surface area contributed by atoms with E-state index < -0.39 is 0 Å². The standard InChI is InChI=1S/C18H24N4O2/c1-12-6-5-9-15(13(12)2)19-17(23)10-11-22-18(24)14-7-3-4-8-16(14)20-21-22/h3-4,7-8,12-13,15H,5-6,9-11H2,1-2H3,(H,19,23)/t12-,13+,15+/m1/s1. The number of nitrogens with one attached hydrogen (secondary N) is 1. The van der Waals surface area contributed by atoms with Crippen molar-refractivity contribution in [1.29, 1.82) is 0 Å². The van der Waals surface area contributed by atoms with Gasteiger partial charge in [0.2, 0.25) is 5.91 Å². The quantitative estimate of drug-likeness (QED) is 0.932. The molecule has 24 heavy (non-hydrogen) atoms. The van der Waals surface area contributed by atoms with E-state index in [-0.39, 0.29) is 30.5 Å². The number of amides is 1. The van der Waals surface area contributed by atoms with Crippen molar-refractivity contribution < 1.29 is 4.79 Å². The normalized spacial score (nSPS) is 24.0. The molecule has 0 unspecified atom stereocenters. The summed E-state index contributed by atoms with van der Waals surface area (Å²) in [4.78, 5) is 24.6. The van der Waals surface area contributed by atoms with Crippen LogP contribution >= 0.6 is 0 Å². The molecule has 1 aliphatic carbocycles. The minimum absolute atomic E-state index is 0.0252. The molecule has 0 bridgehead atoms. The van der Waals surface area contributed by atoms with Crippen LogP contribution in [0.4, 0.5) is 0 Å². The van der Waals surface area contributed by atoms with Crippen molar-refractivity contribution in [3.63, 3.8) is 0 Å². The van der Waals surface area contributed by atoms with Gasteiger partial charge < -0.3 is 5.32 Å². The van der Waals surface area contributed by atoms with E-state index in [4.69, 9.17) is 0 Å². The van der Waals surface area contributed by atoms with Crippen LogP contribution in [0.3, 0.4) is 0 Å². The minimum atomic E-state index is -0.201. The molecule has 1 fully saturated rings. The predicted molar refractivity (Wildman–Crippen MR) is 92.5 cm³/mol. The summed E-state index contributed by atoms with van der Waals surface area (Å²) in [7, 11) is 0. The first kappa shape index (κ1) is 16.6. The summed E-state index contributed by atoms with van der Waals surface area (Å²) in [6.45, 7) is 4.69. The zero-order chi connectivity index (χ0) is 17.1. The molecule has 1 saturated carbocycles. The average Bonchev–Trinajstić information content (AvgIpc) is 2.59. The predicted octanol–water partition coefficient (Wildman–Crippen LogP) is 2.12. The average molecular weight is 328 g/mol. The molecule has 6 heteroatoms. The lowest BCUT2D eigenvalue weighted by Crippen LogP contribution is -2.44. The molecule has 3 atom stereocenters. The molecular formula is C18H24N4O2. The van der Waals surface area contributed by atoms with Gasteiger partial charge in [-0.3, -0.25) is 9.59 Å². The Morgan fingerprint density at radius 2 is 2.08 bits per heavy atom. The van der Waals surface area contributed by atoms with E-state index in [1.807, 2.05) is 6.07 Å². The summed E-state index contributed by atoms with van der Waals surface area (Å²) in [5.41, 5.74) is 0.376. The lowest BCUT2D eigenvalue weighted by molar-refractivity contribution is -0.122. The van der Waals surface area contributed by atoms with Crippen LogP contribution in [0.15, 0.2) is 29.1 Å². The van der Waals surface area contributed by atoms with Crippen molar-refractivity contribution in [2.75, 3.05) is 0 Å². The first-order valence-electron chi connectivity index (χ1n) is 8.68. The zero-order valence-electron chi connectivity index (χ0n) is 14.2. The molecule has 6 nitrogen and oxygen atoms in total. The first-order valence-corrected chi connectivity index (χ1v) is 8.68. The van der Waals surface area contributed by atoms with Crippen LogP contribution in [-0.2, 0) is 11.3 Å².